The molecular weight excluding hydrogens is 316 g/mol. The number of nitrogens with zero attached hydrogens (tertiary/aromatic N) is 6. The Kier molecular flexibility index (Phi) is 6.11. The molecule has 0 bridgehead atoms. The molecule has 1 aliphatic rings. The van der Waals surface area contributed by atoms with Crippen LogP contribution in [0.15, 0.2) is 24.7 Å². The molecule has 0 atom stereocenters. The van der Waals surface area contributed by atoms with Crippen molar-refractivity contribution in [3.05, 3.63) is 36.0 Å². The second-order valence-electron chi connectivity index (χ2n) is 6.31. The van der Waals surface area contributed by atoms with Crippen LogP contribution in [0.25, 0.3) is 0 Å². The standard InChI is InChI=1S/C18H26N6O/c1-15-16(2)22-17(14-21-15)25-13-4-3-8-23-9-11-24(12-10-23)18-19-6-5-7-20-18/h5-7,14H,3-4,8-13H2,1-2H3. The molecular formula is C18H26N6O. The maximum Gasteiger partial charge on any atom is 0.232 e. The van der Waals surface area contributed by atoms with Crippen molar-refractivity contribution in [2.45, 2.75) is 26.7 Å². The predicted molar refractivity (Wildman–Crippen MR) is 96.9 cm³/mol. The van der Waals surface area contributed by atoms with E-state index in [0.29, 0.717) is 12.5 Å². The fourth-order valence-corrected chi connectivity index (χ4v) is 2.83. The third-order valence-electron chi connectivity index (χ3n) is 4.50. The first kappa shape index (κ1) is 17.5. The fourth-order valence-electron chi connectivity index (χ4n) is 2.83. The Balaban J connectivity index is 1.30. The molecule has 2 aromatic heterocycles. The Morgan fingerprint density at radius 3 is 2.44 bits per heavy atom. The number of hydrogen-bond acceptors (Lipinski definition) is 7. The number of piperazine rings is 1. The van der Waals surface area contributed by atoms with Gasteiger partial charge < -0.3 is 9.64 Å². The molecule has 2 aromatic rings. The van der Waals surface area contributed by atoms with Crippen LogP contribution in [0.2, 0.25) is 0 Å². The number of unbranched alkanes of at least 4 members (excludes halogenated alkanes) is 1. The quantitative estimate of drug-likeness (QED) is 0.712. The number of anilines is 1. The third-order valence-corrected chi connectivity index (χ3v) is 4.50. The summed E-state index contributed by atoms with van der Waals surface area (Å²) < 4.78 is 5.69. The molecule has 0 aromatic carbocycles. The van der Waals surface area contributed by atoms with Crippen LogP contribution in [0.4, 0.5) is 5.95 Å². The van der Waals surface area contributed by atoms with Crippen molar-refractivity contribution in [1.82, 2.24) is 24.8 Å². The van der Waals surface area contributed by atoms with Crippen LogP contribution in [0.1, 0.15) is 24.2 Å². The second-order valence-corrected chi connectivity index (χ2v) is 6.31. The first-order valence-electron chi connectivity index (χ1n) is 8.90. The Hall–Kier alpha value is -2.28. The summed E-state index contributed by atoms with van der Waals surface area (Å²) >= 11 is 0. The molecule has 0 spiro atoms. The van der Waals surface area contributed by atoms with Gasteiger partial charge in [-0.25, -0.2) is 15.0 Å². The zero-order chi connectivity index (χ0) is 17.5. The predicted octanol–water partition coefficient (Wildman–Crippen LogP) is 1.86. The van der Waals surface area contributed by atoms with Gasteiger partial charge in [-0.1, -0.05) is 0 Å². The van der Waals surface area contributed by atoms with Gasteiger partial charge in [0.25, 0.3) is 0 Å². The highest BCUT2D eigenvalue weighted by Gasteiger charge is 2.18. The van der Waals surface area contributed by atoms with Crippen LogP contribution in [-0.2, 0) is 0 Å². The van der Waals surface area contributed by atoms with Gasteiger partial charge in [-0.2, -0.15) is 0 Å². The van der Waals surface area contributed by atoms with Gasteiger partial charge >= 0.3 is 0 Å². The van der Waals surface area contributed by atoms with Crippen molar-refractivity contribution >= 4 is 5.95 Å². The lowest BCUT2D eigenvalue weighted by Gasteiger charge is -2.34. The van der Waals surface area contributed by atoms with E-state index in [-0.39, 0.29) is 0 Å². The maximum absolute atomic E-state index is 5.69. The molecule has 3 heterocycles. The van der Waals surface area contributed by atoms with E-state index in [2.05, 4.69) is 29.7 Å². The molecule has 0 unspecified atom stereocenters. The van der Waals surface area contributed by atoms with Crippen molar-refractivity contribution in [2.24, 2.45) is 0 Å². The largest absolute Gasteiger partial charge is 0.477 e. The summed E-state index contributed by atoms with van der Waals surface area (Å²) in [5, 5.41) is 0. The van der Waals surface area contributed by atoms with Gasteiger partial charge in [0.15, 0.2) is 0 Å². The molecule has 7 nitrogen and oxygen atoms in total. The first-order valence-corrected chi connectivity index (χ1v) is 8.90. The average Bonchev–Trinajstić information content (AvgIpc) is 2.65. The fraction of sp³-hybridized carbons (Fsp3) is 0.556. The molecule has 0 radical (unpaired) electrons. The maximum atomic E-state index is 5.69. The summed E-state index contributed by atoms with van der Waals surface area (Å²) in [7, 11) is 0. The van der Waals surface area contributed by atoms with Crippen molar-refractivity contribution in [3.8, 4) is 5.88 Å². The average molecular weight is 342 g/mol. The van der Waals surface area contributed by atoms with E-state index in [1.165, 1.54) is 0 Å². The molecule has 0 N–H and O–H groups in total. The number of ether oxygens (including phenoxy) is 1. The van der Waals surface area contributed by atoms with Crippen molar-refractivity contribution in [3.63, 3.8) is 0 Å². The minimum Gasteiger partial charge on any atom is -0.477 e. The second kappa shape index (κ2) is 8.71. The van der Waals surface area contributed by atoms with Gasteiger partial charge in [0.1, 0.15) is 0 Å². The van der Waals surface area contributed by atoms with Crippen molar-refractivity contribution < 1.29 is 4.74 Å². The lowest BCUT2D eigenvalue weighted by molar-refractivity contribution is 0.235. The van der Waals surface area contributed by atoms with E-state index in [9.17, 15) is 0 Å². The molecule has 0 saturated carbocycles. The van der Waals surface area contributed by atoms with Crippen LogP contribution < -0.4 is 9.64 Å². The first-order chi connectivity index (χ1) is 12.2. The van der Waals surface area contributed by atoms with Gasteiger partial charge in [-0.05, 0) is 39.3 Å². The minimum atomic E-state index is 0.625. The summed E-state index contributed by atoms with van der Waals surface area (Å²) in [5.74, 6) is 1.46. The SMILES string of the molecule is Cc1ncc(OCCCCN2CCN(c3ncccn3)CC2)nc1C. The smallest absolute Gasteiger partial charge is 0.232 e. The Bertz CT molecular complexity index is 658. The van der Waals surface area contributed by atoms with Gasteiger partial charge in [0.05, 0.1) is 24.2 Å². The van der Waals surface area contributed by atoms with Crippen LogP contribution in [0.3, 0.4) is 0 Å². The summed E-state index contributed by atoms with van der Waals surface area (Å²) in [6, 6.07) is 1.85. The zero-order valence-corrected chi connectivity index (χ0v) is 15.1. The zero-order valence-electron chi connectivity index (χ0n) is 15.1. The third kappa shape index (κ3) is 5.09. The highest BCUT2D eigenvalue weighted by molar-refractivity contribution is 5.29. The van der Waals surface area contributed by atoms with Crippen LogP contribution >= 0.6 is 0 Å². The molecule has 134 valence electrons. The molecule has 25 heavy (non-hydrogen) atoms. The summed E-state index contributed by atoms with van der Waals surface area (Å²) in [5.41, 5.74) is 1.88. The number of hydrogen-bond donors (Lipinski definition) is 0. The van der Waals surface area contributed by atoms with E-state index < -0.39 is 0 Å². The van der Waals surface area contributed by atoms with Crippen molar-refractivity contribution in [1.29, 1.82) is 0 Å². The Morgan fingerprint density at radius 2 is 1.72 bits per heavy atom. The Morgan fingerprint density at radius 1 is 0.960 bits per heavy atom. The van der Waals surface area contributed by atoms with Gasteiger partial charge in [0, 0.05) is 38.6 Å². The van der Waals surface area contributed by atoms with E-state index in [0.717, 1.165) is 62.9 Å². The lowest BCUT2D eigenvalue weighted by atomic mass is 10.2. The molecule has 7 heteroatoms. The molecule has 1 aliphatic heterocycles. The highest BCUT2D eigenvalue weighted by Crippen LogP contribution is 2.11. The number of aromatic nitrogens is 4. The monoisotopic (exact) mass is 342 g/mol. The summed E-state index contributed by atoms with van der Waals surface area (Å²) in [6.07, 6.45) is 7.45. The van der Waals surface area contributed by atoms with Gasteiger partial charge in [-0.15, -0.1) is 0 Å². The number of rotatable bonds is 7. The summed E-state index contributed by atoms with van der Waals surface area (Å²) in [4.78, 5) is 22.0. The van der Waals surface area contributed by atoms with Crippen LogP contribution in [0, 0.1) is 13.8 Å². The molecule has 1 saturated heterocycles. The topological polar surface area (TPSA) is 67.3 Å². The van der Waals surface area contributed by atoms with E-state index in [4.69, 9.17) is 4.74 Å². The van der Waals surface area contributed by atoms with Crippen LogP contribution in [-0.4, -0.2) is 64.2 Å². The Labute approximate surface area is 149 Å². The molecule has 1 fully saturated rings. The van der Waals surface area contributed by atoms with Crippen molar-refractivity contribution in [2.75, 3.05) is 44.2 Å². The van der Waals surface area contributed by atoms with E-state index >= 15 is 0 Å². The number of aryl methyl sites for hydroxylation is 2. The molecule has 0 aliphatic carbocycles. The molecule has 0 amide bonds. The van der Waals surface area contributed by atoms with Gasteiger partial charge in [0.2, 0.25) is 11.8 Å². The summed E-state index contributed by atoms with van der Waals surface area (Å²) in [6.45, 7) is 9.78. The van der Waals surface area contributed by atoms with Gasteiger partial charge in [-0.3, -0.25) is 9.88 Å². The minimum absolute atomic E-state index is 0.625. The molecule has 3 rings (SSSR count). The normalized spacial score (nSPS) is 15.4. The van der Waals surface area contributed by atoms with E-state index in [1.807, 2.05) is 19.9 Å². The lowest BCUT2D eigenvalue weighted by Crippen LogP contribution is -2.47. The highest BCUT2D eigenvalue weighted by atomic mass is 16.5. The van der Waals surface area contributed by atoms with Crippen LogP contribution in [0.5, 0.6) is 5.88 Å². The van der Waals surface area contributed by atoms with E-state index in [1.54, 1.807) is 18.6 Å².